The largest absolute Gasteiger partial charge is 0.296 e. The molecule has 0 aliphatic heterocycles. The first kappa shape index (κ1) is 37.2. The van der Waals surface area contributed by atoms with E-state index in [0.29, 0.717) is 0 Å². The normalized spacial score (nSPS) is 11.8. The molecule has 2 aromatic heterocycles. The molecular weight excluding hydrogens is 787 g/mol. The Morgan fingerprint density at radius 1 is 0.369 bits per heavy atom. The zero-order chi connectivity index (χ0) is 43.0. The topological polar surface area (TPSA) is 30.7 Å². The molecule has 0 amide bonds. The van der Waals surface area contributed by atoms with Crippen LogP contribution in [-0.4, -0.2) is 14.5 Å². The summed E-state index contributed by atoms with van der Waals surface area (Å²) in [5.74, 6) is 1.03. The predicted octanol–water partition coefficient (Wildman–Crippen LogP) is 16.6. The van der Waals surface area contributed by atoms with Crippen molar-refractivity contribution in [1.29, 1.82) is 0 Å². The van der Waals surface area contributed by atoms with E-state index in [1.807, 2.05) is 0 Å². The van der Waals surface area contributed by atoms with E-state index >= 15 is 0 Å². The van der Waals surface area contributed by atoms with E-state index in [0.717, 1.165) is 67.5 Å². The Kier molecular flexibility index (Phi) is 8.50. The highest BCUT2D eigenvalue weighted by Crippen LogP contribution is 2.46. The molecule has 0 aliphatic carbocycles. The van der Waals surface area contributed by atoms with Crippen molar-refractivity contribution >= 4 is 75.8 Å². The number of aromatic nitrogens is 3. The standard InChI is InChI=1S/C62H41N3/c1-2-57-64-62-56(65(57)48-18-4-3-5-19-48)35-34-52-49-20-12-13-23-55(49)63-61(60(52)62)42-28-24-41(25-29-42)45-32-33-53-54(38-45)59(47-31-27-40-15-7-9-17-44(40)37-47)51-22-11-10-21-50(51)58(53)46-30-26-39-14-6-8-16-43(39)36-46/h3-38H,2H2,1H3. The van der Waals surface area contributed by atoms with E-state index in [4.69, 9.17) is 9.97 Å². The minimum Gasteiger partial charge on any atom is -0.296 e. The van der Waals surface area contributed by atoms with E-state index in [1.54, 1.807) is 0 Å². The predicted molar refractivity (Wildman–Crippen MR) is 275 cm³/mol. The third-order valence-corrected chi connectivity index (χ3v) is 13.5. The van der Waals surface area contributed by atoms with Crippen LogP contribution in [0.2, 0.25) is 0 Å². The number of nitrogens with zero attached hydrogens (tertiary/aromatic N) is 3. The zero-order valence-electron chi connectivity index (χ0n) is 35.8. The van der Waals surface area contributed by atoms with Crippen LogP contribution in [0.3, 0.4) is 0 Å². The van der Waals surface area contributed by atoms with Crippen molar-refractivity contribution in [2.24, 2.45) is 0 Å². The SMILES string of the molecule is CCc1nc2c3c(-c4ccc(-c5ccc6c(-c7ccc8ccccc8c7)c7ccccc7c(-c7ccc8ccccc8c7)c6c5)cc4)nc4ccccc4c3ccc2n1-c1ccccc1. The lowest BCUT2D eigenvalue weighted by molar-refractivity contribution is 0.908. The summed E-state index contributed by atoms with van der Waals surface area (Å²) in [5.41, 5.74) is 13.4. The number of para-hydroxylation sites is 2. The fourth-order valence-electron chi connectivity index (χ4n) is 10.4. The van der Waals surface area contributed by atoms with Gasteiger partial charge in [-0.2, -0.15) is 0 Å². The first-order chi connectivity index (χ1) is 32.2. The minimum atomic E-state index is 0.810. The first-order valence-corrected chi connectivity index (χ1v) is 22.5. The van der Waals surface area contributed by atoms with Crippen molar-refractivity contribution in [3.8, 4) is 50.3 Å². The lowest BCUT2D eigenvalue weighted by atomic mass is 9.84. The van der Waals surface area contributed by atoms with Gasteiger partial charge in [-0.1, -0.05) is 183 Å². The average molecular weight is 828 g/mol. The molecule has 0 saturated heterocycles. The molecule has 0 unspecified atom stereocenters. The molecule has 11 aromatic carbocycles. The van der Waals surface area contributed by atoms with Gasteiger partial charge in [-0.15, -0.1) is 0 Å². The highest BCUT2D eigenvalue weighted by molar-refractivity contribution is 6.23. The highest BCUT2D eigenvalue weighted by Gasteiger charge is 2.21. The lowest BCUT2D eigenvalue weighted by Gasteiger charge is -2.19. The van der Waals surface area contributed by atoms with Crippen molar-refractivity contribution < 1.29 is 0 Å². The molecule has 304 valence electrons. The van der Waals surface area contributed by atoms with Crippen LogP contribution in [0.5, 0.6) is 0 Å². The molecule has 0 saturated carbocycles. The summed E-state index contributed by atoms with van der Waals surface area (Å²) < 4.78 is 2.30. The van der Waals surface area contributed by atoms with Crippen LogP contribution in [0.1, 0.15) is 12.7 Å². The summed E-state index contributed by atoms with van der Waals surface area (Å²) in [6.07, 6.45) is 0.810. The second kappa shape index (κ2) is 14.9. The Morgan fingerprint density at radius 2 is 0.892 bits per heavy atom. The molecule has 13 rings (SSSR count). The van der Waals surface area contributed by atoms with Crippen LogP contribution in [0.25, 0.3) is 126 Å². The molecule has 0 aliphatic rings. The second-order valence-corrected chi connectivity index (χ2v) is 17.1. The second-order valence-electron chi connectivity index (χ2n) is 17.1. The van der Waals surface area contributed by atoms with Gasteiger partial charge in [0.15, 0.2) is 0 Å². The number of imidazole rings is 1. The van der Waals surface area contributed by atoms with E-state index < -0.39 is 0 Å². The van der Waals surface area contributed by atoms with Gasteiger partial charge in [0.1, 0.15) is 5.82 Å². The van der Waals surface area contributed by atoms with Gasteiger partial charge in [-0.05, 0) is 124 Å². The van der Waals surface area contributed by atoms with Crippen molar-refractivity contribution in [2.45, 2.75) is 13.3 Å². The molecule has 0 bridgehead atoms. The molecule has 65 heavy (non-hydrogen) atoms. The molecule has 3 nitrogen and oxygen atoms in total. The van der Waals surface area contributed by atoms with Crippen LogP contribution in [0.15, 0.2) is 218 Å². The molecule has 2 heterocycles. The fraction of sp³-hybridized carbons (Fsp3) is 0.0323. The number of aryl methyl sites for hydroxylation is 1. The maximum atomic E-state index is 5.41. The van der Waals surface area contributed by atoms with E-state index in [9.17, 15) is 0 Å². The molecule has 0 atom stereocenters. The molecule has 3 heteroatoms. The summed E-state index contributed by atoms with van der Waals surface area (Å²) in [6.45, 7) is 2.18. The fourth-order valence-corrected chi connectivity index (χ4v) is 10.4. The number of pyridine rings is 1. The highest BCUT2D eigenvalue weighted by atomic mass is 15.1. The van der Waals surface area contributed by atoms with E-state index in [2.05, 4.69) is 230 Å². The van der Waals surface area contributed by atoms with E-state index in [-0.39, 0.29) is 0 Å². The van der Waals surface area contributed by atoms with Gasteiger partial charge >= 0.3 is 0 Å². The number of benzene rings is 11. The molecule has 0 fully saturated rings. The maximum Gasteiger partial charge on any atom is 0.114 e. The Morgan fingerprint density at radius 3 is 1.57 bits per heavy atom. The summed E-state index contributed by atoms with van der Waals surface area (Å²) in [5, 5.41) is 13.3. The lowest BCUT2D eigenvalue weighted by Crippen LogP contribution is -1.99. The third-order valence-electron chi connectivity index (χ3n) is 13.5. The van der Waals surface area contributed by atoms with Crippen LogP contribution in [0.4, 0.5) is 0 Å². The molecular formula is C62H41N3. The molecule has 0 N–H and O–H groups in total. The van der Waals surface area contributed by atoms with E-state index in [1.165, 1.54) is 70.9 Å². The third kappa shape index (κ3) is 5.97. The smallest absolute Gasteiger partial charge is 0.114 e. The summed E-state index contributed by atoms with van der Waals surface area (Å²) in [4.78, 5) is 10.8. The monoisotopic (exact) mass is 827 g/mol. The van der Waals surface area contributed by atoms with Gasteiger partial charge in [0.25, 0.3) is 0 Å². The first-order valence-electron chi connectivity index (χ1n) is 22.5. The Labute approximate surface area is 376 Å². The van der Waals surface area contributed by atoms with Crippen LogP contribution in [0, 0.1) is 0 Å². The Bertz CT molecular complexity index is 4030. The number of rotatable bonds is 6. The van der Waals surface area contributed by atoms with Gasteiger partial charge in [-0.25, -0.2) is 9.97 Å². The van der Waals surface area contributed by atoms with Gasteiger partial charge in [-0.3, -0.25) is 4.57 Å². The Balaban J connectivity index is 1.02. The van der Waals surface area contributed by atoms with Gasteiger partial charge in [0.05, 0.1) is 22.2 Å². The molecule has 0 radical (unpaired) electrons. The summed E-state index contributed by atoms with van der Waals surface area (Å²) in [6, 6.07) is 79.7. The van der Waals surface area contributed by atoms with Crippen LogP contribution >= 0.6 is 0 Å². The van der Waals surface area contributed by atoms with Crippen molar-refractivity contribution in [3.63, 3.8) is 0 Å². The quantitative estimate of drug-likeness (QED) is 0.123. The number of hydrogen-bond acceptors (Lipinski definition) is 2. The van der Waals surface area contributed by atoms with Crippen LogP contribution in [-0.2, 0) is 6.42 Å². The molecule has 13 aromatic rings. The van der Waals surface area contributed by atoms with Gasteiger partial charge in [0, 0.05) is 28.4 Å². The zero-order valence-corrected chi connectivity index (χ0v) is 35.8. The maximum absolute atomic E-state index is 5.41. The number of fused-ring (bicyclic) bond motifs is 9. The van der Waals surface area contributed by atoms with Crippen molar-refractivity contribution in [1.82, 2.24) is 14.5 Å². The van der Waals surface area contributed by atoms with Crippen molar-refractivity contribution in [3.05, 3.63) is 224 Å². The minimum absolute atomic E-state index is 0.810. The summed E-state index contributed by atoms with van der Waals surface area (Å²) in [7, 11) is 0. The van der Waals surface area contributed by atoms with Gasteiger partial charge in [0.2, 0.25) is 0 Å². The molecule has 0 spiro atoms. The Hall–Kier alpha value is -8.40. The summed E-state index contributed by atoms with van der Waals surface area (Å²) >= 11 is 0. The number of hydrogen-bond donors (Lipinski definition) is 0. The average Bonchev–Trinajstić information content (AvgIpc) is 3.77. The van der Waals surface area contributed by atoms with Crippen molar-refractivity contribution in [2.75, 3.05) is 0 Å². The van der Waals surface area contributed by atoms with Crippen LogP contribution < -0.4 is 0 Å². The van der Waals surface area contributed by atoms with Gasteiger partial charge < -0.3 is 0 Å².